The van der Waals surface area contributed by atoms with Crippen LogP contribution in [-0.4, -0.2) is 33.1 Å². The molecule has 4 heterocycles. The van der Waals surface area contributed by atoms with Crippen molar-refractivity contribution in [3.63, 3.8) is 0 Å². The molecular formula is C25H25N7OS. The van der Waals surface area contributed by atoms with Gasteiger partial charge in [0.05, 0.1) is 6.54 Å². The van der Waals surface area contributed by atoms with Gasteiger partial charge in [0.2, 0.25) is 5.82 Å². The molecule has 0 saturated carbocycles. The minimum Gasteiger partial charge on any atom is -0.491 e. The Balaban J connectivity index is 1.59. The Bertz CT molecular complexity index is 1450. The number of nitrogens with zero attached hydrogens (tertiary/aromatic N) is 6. The van der Waals surface area contributed by atoms with Gasteiger partial charge in [0.25, 0.3) is 0 Å². The van der Waals surface area contributed by atoms with Crippen molar-refractivity contribution < 1.29 is 4.74 Å². The summed E-state index contributed by atoms with van der Waals surface area (Å²) in [6.45, 7) is 10.1. The van der Waals surface area contributed by atoms with Gasteiger partial charge in [-0.05, 0) is 49.1 Å². The Morgan fingerprint density at radius 2 is 1.97 bits per heavy atom. The molecule has 0 unspecified atom stereocenters. The number of ether oxygens (including phenoxy) is 1. The summed E-state index contributed by atoms with van der Waals surface area (Å²) in [5, 5.41) is 9.98. The molecule has 0 radical (unpaired) electrons. The minimum atomic E-state index is 0.189. The SMILES string of the molecule is Cc1cc(-c2cnc3sc(N)nc3c2)cc2c1OCCN(c1nc(C#N)nc(C)c1C(C)C)C2. The monoisotopic (exact) mass is 471 g/mol. The smallest absolute Gasteiger partial charge is 0.234 e. The lowest BCUT2D eigenvalue weighted by atomic mass is 9.99. The molecule has 5 rings (SSSR count). The van der Waals surface area contributed by atoms with Crippen molar-refractivity contribution in [2.75, 3.05) is 23.8 Å². The van der Waals surface area contributed by atoms with Gasteiger partial charge in [0.1, 0.15) is 34.6 Å². The van der Waals surface area contributed by atoms with E-state index in [0.29, 0.717) is 24.8 Å². The molecule has 4 aromatic rings. The van der Waals surface area contributed by atoms with Crippen LogP contribution >= 0.6 is 11.3 Å². The Morgan fingerprint density at radius 3 is 2.74 bits per heavy atom. The first kappa shape index (κ1) is 22.0. The third kappa shape index (κ3) is 3.90. The largest absolute Gasteiger partial charge is 0.491 e. The highest BCUT2D eigenvalue weighted by Crippen LogP contribution is 2.36. The molecule has 1 aliphatic heterocycles. The van der Waals surface area contributed by atoms with Crippen LogP contribution in [0.3, 0.4) is 0 Å². The molecule has 1 aliphatic rings. The number of thiazole rings is 1. The number of aryl methyl sites for hydroxylation is 2. The van der Waals surface area contributed by atoms with Gasteiger partial charge in [-0.15, -0.1) is 0 Å². The van der Waals surface area contributed by atoms with Gasteiger partial charge in [-0.3, -0.25) is 0 Å². The molecule has 0 atom stereocenters. The molecular weight excluding hydrogens is 446 g/mol. The predicted molar refractivity (Wildman–Crippen MR) is 134 cm³/mol. The van der Waals surface area contributed by atoms with Crippen LogP contribution in [0, 0.1) is 25.2 Å². The normalized spacial score (nSPS) is 13.5. The van der Waals surface area contributed by atoms with Gasteiger partial charge in [-0.1, -0.05) is 25.2 Å². The van der Waals surface area contributed by atoms with Crippen LogP contribution in [-0.2, 0) is 6.54 Å². The Morgan fingerprint density at radius 1 is 1.15 bits per heavy atom. The summed E-state index contributed by atoms with van der Waals surface area (Å²) in [6.07, 6.45) is 1.86. The van der Waals surface area contributed by atoms with E-state index in [9.17, 15) is 5.26 Å². The second kappa shape index (κ2) is 8.54. The van der Waals surface area contributed by atoms with Gasteiger partial charge in [0.15, 0.2) is 5.13 Å². The zero-order valence-electron chi connectivity index (χ0n) is 19.6. The summed E-state index contributed by atoms with van der Waals surface area (Å²) < 4.78 is 6.19. The van der Waals surface area contributed by atoms with E-state index in [0.717, 1.165) is 55.4 Å². The second-order valence-corrected chi connectivity index (χ2v) is 9.80. The number of aromatic nitrogens is 4. The average Bonchev–Trinajstić information content (AvgIpc) is 3.03. The second-order valence-electron chi connectivity index (χ2n) is 8.79. The molecule has 3 aromatic heterocycles. The van der Waals surface area contributed by atoms with Gasteiger partial charge in [-0.2, -0.15) is 5.26 Å². The quantitative estimate of drug-likeness (QED) is 0.456. The van der Waals surface area contributed by atoms with Crippen LogP contribution in [0.2, 0.25) is 0 Å². The molecule has 0 aliphatic carbocycles. The van der Waals surface area contributed by atoms with E-state index < -0.39 is 0 Å². The topological polar surface area (TPSA) is 114 Å². The van der Waals surface area contributed by atoms with E-state index in [4.69, 9.17) is 10.5 Å². The van der Waals surface area contributed by atoms with Crippen LogP contribution in [0.25, 0.3) is 21.5 Å². The Labute approximate surface area is 202 Å². The zero-order chi connectivity index (χ0) is 24.0. The van der Waals surface area contributed by atoms with Gasteiger partial charge >= 0.3 is 0 Å². The molecule has 0 amide bonds. The molecule has 0 saturated heterocycles. The molecule has 9 heteroatoms. The van der Waals surface area contributed by atoms with Crippen molar-refractivity contribution in [1.29, 1.82) is 5.26 Å². The number of hydrogen-bond donors (Lipinski definition) is 1. The van der Waals surface area contributed by atoms with Crippen molar-refractivity contribution >= 4 is 32.6 Å². The van der Waals surface area contributed by atoms with Gasteiger partial charge in [-0.25, -0.2) is 19.9 Å². The van der Waals surface area contributed by atoms with E-state index in [-0.39, 0.29) is 11.7 Å². The number of nitrogens with two attached hydrogens (primary N) is 1. The average molecular weight is 472 g/mol. The molecule has 8 nitrogen and oxygen atoms in total. The van der Waals surface area contributed by atoms with Crippen molar-refractivity contribution in [3.05, 3.63) is 52.6 Å². The zero-order valence-corrected chi connectivity index (χ0v) is 20.4. The maximum atomic E-state index is 9.47. The van der Waals surface area contributed by atoms with Crippen LogP contribution in [0.5, 0.6) is 5.75 Å². The lowest BCUT2D eigenvalue weighted by Crippen LogP contribution is -2.28. The summed E-state index contributed by atoms with van der Waals surface area (Å²) >= 11 is 1.38. The molecule has 2 N–H and O–H groups in total. The van der Waals surface area contributed by atoms with Crippen molar-refractivity contribution in [2.24, 2.45) is 0 Å². The van der Waals surface area contributed by atoms with Crippen LogP contribution in [0.15, 0.2) is 24.4 Å². The van der Waals surface area contributed by atoms with E-state index >= 15 is 0 Å². The van der Waals surface area contributed by atoms with Crippen molar-refractivity contribution in [1.82, 2.24) is 19.9 Å². The molecule has 0 spiro atoms. The first-order valence-corrected chi connectivity index (χ1v) is 12.0. The molecule has 172 valence electrons. The van der Waals surface area contributed by atoms with E-state index in [1.54, 1.807) is 0 Å². The maximum absolute atomic E-state index is 9.47. The first-order valence-electron chi connectivity index (χ1n) is 11.2. The van der Waals surface area contributed by atoms with Crippen molar-refractivity contribution in [2.45, 2.75) is 40.2 Å². The number of hydrogen-bond acceptors (Lipinski definition) is 9. The Hall–Kier alpha value is -3.77. The number of nitrogen functional groups attached to an aromatic ring is 1. The number of benzene rings is 1. The van der Waals surface area contributed by atoms with Crippen LogP contribution in [0.1, 0.15) is 48.0 Å². The third-order valence-electron chi connectivity index (χ3n) is 6.01. The van der Waals surface area contributed by atoms with Gasteiger partial charge < -0.3 is 15.4 Å². The van der Waals surface area contributed by atoms with E-state index in [2.05, 4.69) is 63.8 Å². The molecule has 0 bridgehead atoms. The number of fused-ring (bicyclic) bond motifs is 2. The number of anilines is 2. The molecule has 34 heavy (non-hydrogen) atoms. The summed E-state index contributed by atoms with van der Waals surface area (Å²) in [5.74, 6) is 2.12. The van der Waals surface area contributed by atoms with Crippen LogP contribution in [0.4, 0.5) is 10.9 Å². The Kier molecular flexibility index (Phi) is 5.54. The third-order valence-corrected chi connectivity index (χ3v) is 6.82. The first-order chi connectivity index (χ1) is 16.3. The molecule has 0 fully saturated rings. The highest BCUT2D eigenvalue weighted by Gasteiger charge is 2.24. The highest BCUT2D eigenvalue weighted by atomic mass is 32.1. The predicted octanol–water partition coefficient (Wildman–Crippen LogP) is 4.74. The van der Waals surface area contributed by atoms with Crippen molar-refractivity contribution in [3.8, 4) is 22.9 Å². The number of nitriles is 1. The van der Waals surface area contributed by atoms with Gasteiger partial charge in [0, 0.05) is 35.1 Å². The fourth-order valence-corrected chi connectivity index (χ4v) is 5.25. The summed E-state index contributed by atoms with van der Waals surface area (Å²) in [5.41, 5.74) is 12.7. The standard InChI is InChI=1S/C25H25N7OS/c1-13(2)21-15(4)29-20(10-26)31-23(21)32-5-6-33-22-14(3)7-16(8-18(22)12-32)17-9-19-24(28-11-17)34-25(27)30-19/h7-9,11,13H,5-6,12H2,1-4H3,(H2,27,30). The molecule has 1 aromatic carbocycles. The lowest BCUT2D eigenvalue weighted by molar-refractivity contribution is 0.329. The van der Waals surface area contributed by atoms with E-state index in [1.807, 2.05) is 19.2 Å². The number of pyridine rings is 1. The van der Waals surface area contributed by atoms with Crippen LogP contribution < -0.4 is 15.4 Å². The maximum Gasteiger partial charge on any atom is 0.234 e. The van der Waals surface area contributed by atoms with E-state index in [1.165, 1.54) is 11.3 Å². The minimum absolute atomic E-state index is 0.189. The summed E-state index contributed by atoms with van der Waals surface area (Å²) in [6, 6.07) is 8.39. The highest BCUT2D eigenvalue weighted by molar-refractivity contribution is 7.21. The fraction of sp³-hybridized carbons (Fsp3) is 0.320. The summed E-state index contributed by atoms with van der Waals surface area (Å²) in [4.78, 5) is 21.0. The number of rotatable bonds is 3. The lowest BCUT2D eigenvalue weighted by Gasteiger charge is -2.26. The fourth-order valence-electron chi connectivity index (χ4n) is 4.59. The summed E-state index contributed by atoms with van der Waals surface area (Å²) in [7, 11) is 0.